The Balaban J connectivity index is 1.90. The topological polar surface area (TPSA) is 74.3 Å². The molecule has 0 N–H and O–H groups in total. The van der Waals surface area contributed by atoms with Gasteiger partial charge in [0.2, 0.25) is 5.88 Å². The summed E-state index contributed by atoms with van der Waals surface area (Å²) >= 11 is 0. The van der Waals surface area contributed by atoms with Crippen molar-refractivity contribution in [2.45, 2.75) is 6.92 Å². The molecule has 0 saturated heterocycles. The minimum Gasteiger partial charge on any atom is -0.481 e. The first kappa shape index (κ1) is 15.1. The van der Waals surface area contributed by atoms with E-state index in [1.54, 1.807) is 48.3 Å². The van der Waals surface area contributed by atoms with Gasteiger partial charge in [0, 0.05) is 35.3 Å². The molecule has 4 aromatic rings. The van der Waals surface area contributed by atoms with Gasteiger partial charge in [-0.05, 0) is 31.2 Å². The summed E-state index contributed by atoms with van der Waals surface area (Å²) in [6.45, 7) is 1.90. The minimum atomic E-state index is -0.263. The first-order valence-corrected chi connectivity index (χ1v) is 7.71. The van der Waals surface area contributed by atoms with E-state index in [0.717, 1.165) is 22.3 Å². The molecule has 4 rings (SSSR count). The molecule has 0 radical (unpaired) electrons. The van der Waals surface area contributed by atoms with Gasteiger partial charge >= 0.3 is 5.69 Å². The number of aromatic nitrogens is 5. The van der Waals surface area contributed by atoms with Crippen LogP contribution in [0.2, 0.25) is 0 Å². The summed E-state index contributed by atoms with van der Waals surface area (Å²) in [6.07, 6.45) is 5.01. The summed E-state index contributed by atoms with van der Waals surface area (Å²) in [5, 5.41) is 4.24. The molecule has 0 aliphatic rings. The third kappa shape index (κ3) is 2.46. The lowest BCUT2D eigenvalue weighted by Crippen LogP contribution is -2.28. The zero-order chi connectivity index (χ0) is 17.4. The SMILES string of the molecule is COc1ccc(-c2cc3cnn(-c4ccccn4)c(=O)n3c2C)cn1. The molecule has 0 unspecified atom stereocenters. The maximum absolute atomic E-state index is 12.9. The van der Waals surface area contributed by atoms with Crippen LogP contribution in [0.3, 0.4) is 0 Å². The number of hydrogen-bond acceptors (Lipinski definition) is 5. The fraction of sp³-hybridized carbons (Fsp3) is 0.111. The van der Waals surface area contributed by atoms with Gasteiger partial charge in [-0.15, -0.1) is 0 Å². The molecule has 25 heavy (non-hydrogen) atoms. The number of ether oxygens (including phenoxy) is 1. The molecular weight excluding hydrogens is 318 g/mol. The van der Waals surface area contributed by atoms with E-state index in [-0.39, 0.29) is 5.69 Å². The van der Waals surface area contributed by atoms with Gasteiger partial charge < -0.3 is 4.74 Å². The Kier molecular flexibility index (Phi) is 3.53. The van der Waals surface area contributed by atoms with Crippen LogP contribution < -0.4 is 10.4 Å². The Bertz CT molecular complexity index is 1100. The molecule has 4 aromatic heterocycles. The fourth-order valence-corrected chi connectivity index (χ4v) is 2.83. The van der Waals surface area contributed by atoms with Crippen LogP contribution in [0.15, 0.2) is 59.8 Å². The molecule has 0 fully saturated rings. The summed E-state index contributed by atoms with van der Waals surface area (Å²) < 4.78 is 8.01. The number of methoxy groups -OCH3 is 1. The van der Waals surface area contributed by atoms with E-state index in [1.165, 1.54) is 4.68 Å². The fourth-order valence-electron chi connectivity index (χ4n) is 2.83. The Morgan fingerprint density at radius 3 is 2.64 bits per heavy atom. The zero-order valence-corrected chi connectivity index (χ0v) is 13.7. The molecule has 0 saturated carbocycles. The molecule has 7 heteroatoms. The molecule has 0 aliphatic carbocycles. The number of fused-ring (bicyclic) bond motifs is 1. The van der Waals surface area contributed by atoms with Gasteiger partial charge in [-0.2, -0.15) is 9.78 Å². The molecule has 0 amide bonds. The molecule has 0 atom stereocenters. The largest absolute Gasteiger partial charge is 0.481 e. The number of aryl methyl sites for hydroxylation is 1. The monoisotopic (exact) mass is 333 g/mol. The second kappa shape index (κ2) is 5.86. The van der Waals surface area contributed by atoms with Crippen LogP contribution in [-0.2, 0) is 0 Å². The van der Waals surface area contributed by atoms with Crippen LogP contribution in [0.4, 0.5) is 0 Å². The van der Waals surface area contributed by atoms with Gasteiger partial charge in [-0.1, -0.05) is 6.07 Å². The van der Waals surface area contributed by atoms with Crippen molar-refractivity contribution >= 4 is 5.52 Å². The highest BCUT2D eigenvalue weighted by molar-refractivity contribution is 5.72. The standard InChI is InChI=1S/C18H15N5O2/c1-12-15(13-6-7-17(25-2)20-10-13)9-14-11-21-23(18(24)22(12)14)16-5-3-4-8-19-16/h3-11H,1-2H3. The van der Waals surface area contributed by atoms with Crippen molar-refractivity contribution in [3.63, 3.8) is 0 Å². The summed E-state index contributed by atoms with van der Waals surface area (Å²) in [4.78, 5) is 21.3. The van der Waals surface area contributed by atoms with Crippen molar-refractivity contribution in [3.05, 3.63) is 71.2 Å². The Labute approximate surface area is 143 Å². The van der Waals surface area contributed by atoms with Gasteiger partial charge in [0.25, 0.3) is 0 Å². The summed E-state index contributed by atoms with van der Waals surface area (Å²) in [6, 6.07) is 11.0. The quantitative estimate of drug-likeness (QED) is 0.575. The minimum absolute atomic E-state index is 0.263. The van der Waals surface area contributed by atoms with E-state index in [9.17, 15) is 4.79 Å². The summed E-state index contributed by atoms with van der Waals surface area (Å²) in [5.41, 5.74) is 3.11. The highest BCUT2D eigenvalue weighted by Gasteiger charge is 2.14. The lowest BCUT2D eigenvalue weighted by atomic mass is 10.1. The first-order valence-electron chi connectivity index (χ1n) is 7.71. The van der Waals surface area contributed by atoms with Gasteiger partial charge in [-0.25, -0.2) is 14.8 Å². The third-order valence-corrected chi connectivity index (χ3v) is 4.08. The van der Waals surface area contributed by atoms with Gasteiger partial charge in [0.15, 0.2) is 5.82 Å². The number of hydrogen-bond donors (Lipinski definition) is 0. The molecule has 0 aromatic carbocycles. The highest BCUT2D eigenvalue weighted by atomic mass is 16.5. The molecule has 4 heterocycles. The van der Waals surface area contributed by atoms with E-state index in [0.29, 0.717) is 11.7 Å². The first-order chi connectivity index (χ1) is 12.2. The Hall–Kier alpha value is -3.48. The average Bonchev–Trinajstić information content (AvgIpc) is 3.00. The predicted octanol–water partition coefficient (Wildman–Crippen LogP) is 2.26. The second-order valence-electron chi connectivity index (χ2n) is 5.52. The smallest absolute Gasteiger partial charge is 0.355 e. The van der Waals surface area contributed by atoms with Crippen molar-refractivity contribution in [2.24, 2.45) is 0 Å². The van der Waals surface area contributed by atoms with E-state index < -0.39 is 0 Å². The van der Waals surface area contributed by atoms with Crippen molar-refractivity contribution < 1.29 is 4.74 Å². The number of nitrogens with zero attached hydrogens (tertiary/aromatic N) is 5. The lowest BCUT2D eigenvalue weighted by Gasteiger charge is -2.05. The van der Waals surface area contributed by atoms with Crippen LogP contribution in [0.25, 0.3) is 22.5 Å². The van der Waals surface area contributed by atoms with Gasteiger partial charge in [0.05, 0.1) is 18.8 Å². The normalized spacial score (nSPS) is 11.0. The van der Waals surface area contributed by atoms with Crippen molar-refractivity contribution in [1.82, 2.24) is 24.1 Å². The van der Waals surface area contributed by atoms with Crippen LogP contribution in [-0.4, -0.2) is 31.3 Å². The molecule has 7 nitrogen and oxygen atoms in total. The summed E-state index contributed by atoms with van der Waals surface area (Å²) in [5.74, 6) is 1.03. The zero-order valence-electron chi connectivity index (χ0n) is 13.7. The van der Waals surface area contributed by atoms with E-state index in [2.05, 4.69) is 15.1 Å². The van der Waals surface area contributed by atoms with Crippen LogP contribution in [0, 0.1) is 6.92 Å². The van der Waals surface area contributed by atoms with E-state index in [4.69, 9.17) is 4.74 Å². The molecule has 124 valence electrons. The maximum Gasteiger partial charge on any atom is 0.355 e. The van der Waals surface area contributed by atoms with Crippen molar-refractivity contribution in [1.29, 1.82) is 0 Å². The number of rotatable bonds is 3. The summed E-state index contributed by atoms with van der Waals surface area (Å²) in [7, 11) is 1.58. The van der Waals surface area contributed by atoms with Crippen LogP contribution >= 0.6 is 0 Å². The molecular formula is C18H15N5O2. The van der Waals surface area contributed by atoms with Crippen LogP contribution in [0.1, 0.15) is 5.69 Å². The van der Waals surface area contributed by atoms with Gasteiger partial charge in [0.1, 0.15) is 0 Å². The van der Waals surface area contributed by atoms with E-state index in [1.807, 2.05) is 25.1 Å². The van der Waals surface area contributed by atoms with Crippen LogP contribution in [0.5, 0.6) is 5.88 Å². The van der Waals surface area contributed by atoms with E-state index >= 15 is 0 Å². The maximum atomic E-state index is 12.9. The molecule has 0 spiro atoms. The average molecular weight is 333 g/mol. The Morgan fingerprint density at radius 2 is 1.96 bits per heavy atom. The van der Waals surface area contributed by atoms with Gasteiger partial charge in [-0.3, -0.25) is 4.40 Å². The Morgan fingerprint density at radius 1 is 1.08 bits per heavy atom. The second-order valence-corrected chi connectivity index (χ2v) is 5.52. The molecule has 0 aliphatic heterocycles. The van der Waals surface area contributed by atoms with Crippen molar-refractivity contribution in [2.75, 3.05) is 7.11 Å². The predicted molar refractivity (Wildman–Crippen MR) is 93.1 cm³/mol. The third-order valence-electron chi connectivity index (χ3n) is 4.08. The molecule has 0 bridgehead atoms. The highest BCUT2D eigenvalue weighted by Crippen LogP contribution is 2.26. The number of pyridine rings is 2. The van der Waals surface area contributed by atoms with Crippen molar-refractivity contribution in [3.8, 4) is 22.8 Å². The lowest BCUT2D eigenvalue weighted by molar-refractivity contribution is 0.398.